The van der Waals surface area contributed by atoms with Crippen LogP contribution in [0.15, 0.2) is 30.3 Å². The maximum absolute atomic E-state index is 11.3. The molecule has 3 atom stereocenters. The molecule has 0 spiro atoms. The average Bonchev–Trinajstić information content (AvgIpc) is 2.63. The predicted molar refractivity (Wildman–Crippen MR) is 98.8 cm³/mol. The lowest BCUT2D eigenvalue weighted by atomic mass is 10.1. The minimum atomic E-state index is -0.818. The number of carbonyl (C=O) groups excluding carboxylic acids is 1. The smallest absolute Gasteiger partial charge is 0.308 e. The summed E-state index contributed by atoms with van der Waals surface area (Å²) in [6.07, 6.45) is -0.913. The number of hydrogen-bond donors (Lipinski definition) is 1. The van der Waals surface area contributed by atoms with E-state index in [0.717, 1.165) is 5.56 Å². The highest BCUT2D eigenvalue weighted by molar-refractivity contribution is 5.71. The Morgan fingerprint density at radius 2 is 1.58 bits per heavy atom. The van der Waals surface area contributed by atoms with Gasteiger partial charge in [-0.15, -0.1) is 0 Å². The van der Waals surface area contributed by atoms with Crippen LogP contribution in [0.3, 0.4) is 0 Å². The lowest BCUT2D eigenvalue weighted by Crippen LogP contribution is -2.26. The van der Waals surface area contributed by atoms with Crippen LogP contribution in [-0.2, 0) is 23.7 Å². The molecule has 0 fully saturated rings. The van der Waals surface area contributed by atoms with E-state index in [2.05, 4.69) is 0 Å². The van der Waals surface area contributed by atoms with Crippen LogP contribution in [0.5, 0.6) is 0 Å². The van der Waals surface area contributed by atoms with Gasteiger partial charge in [-0.05, 0) is 5.56 Å². The Morgan fingerprint density at radius 1 is 0.962 bits per heavy atom. The standard InChI is InChI=1S/C20H32O6/c1-15(2)20(22)26-13-18(21)12-24-10-16(3)11-25-14-19(23-4)17-8-6-5-7-9-17/h5-9,15-16,18-19,21H,10-14H2,1-4H3. The molecule has 0 aliphatic heterocycles. The van der Waals surface area contributed by atoms with Crippen LogP contribution in [-0.4, -0.2) is 57.3 Å². The van der Waals surface area contributed by atoms with E-state index < -0.39 is 6.10 Å². The van der Waals surface area contributed by atoms with Crippen LogP contribution in [0, 0.1) is 11.8 Å². The SMILES string of the molecule is COC(COCC(C)COCC(O)COC(=O)C(C)C)c1ccccc1. The summed E-state index contributed by atoms with van der Waals surface area (Å²) < 4.78 is 21.6. The molecule has 0 amide bonds. The average molecular weight is 368 g/mol. The molecule has 6 heteroatoms. The molecule has 6 nitrogen and oxygen atoms in total. The molecule has 0 saturated carbocycles. The van der Waals surface area contributed by atoms with Crippen molar-refractivity contribution >= 4 is 5.97 Å². The zero-order chi connectivity index (χ0) is 19.4. The van der Waals surface area contributed by atoms with Crippen LogP contribution < -0.4 is 0 Å². The third-order valence-electron chi connectivity index (χ3n) is 3.73. The van der Waals surface area contributed by atoms with E-state index in [1.807, 2.05) is 37.3 Å². The molecule has 0 aliphatic rings. The molecule has 1 N–H and O–H groups in total. The lowest BCUT2D eigenvalue weighted by molar-refractivity contribution is -0.151. The maximum atomic E-state index is 11.3. The summed E-state index contributed by atoms with van der Waals surface area (Å²) in [5.41, 5.74) is 1.08. The van der Waals surface area contributed by atoms with Crippen molar-refractivity contribution in [2.45, 2.75) is 33.0 Å². The van der Waals surface area contributed by atoms with Crippen LogP contribution in [0.1, 0.15) is 32.4 Å². The number of esters is 1. The van der Waals surface area contributed by atoms with Gasteiger partial charge in [-0.1, -0.05) is 51.1 Å². The van der Waals surface area contributed by atoms with E-state index in [1.54, 1.807) is 21.0 Å². The van der Waals surface area contributed by atoms with Gasteiger partial charge in [0.15, 0.2) is 0 Å². The molecule has 0 saturated heterocycles. The number of hydrogen-bond acceptors (Lipinski definition) is 6. The van der Waals surface area contributed by atoms with Crippen molar-refractivity contribution in [2.24, 2.45) is 11.8 Å². The van der Waals surface area contributed by atoms with Gasteiger partial charge in [0.2, 0.25) is 0 Å². The highest BCUT2D eigenvalue weighted by Crippen LogP contribution is 2.16. The Morgan fingerprint density at radius 3 is 2.15 bits per heavy atom. The number of benzene rings is 1. The normalized spacial score (nSPS) is 14.8. The summed E-state index contributed by atoms with van der Waals surface area (Å²) in [5, 5.41) is 9.75. The fraction of sp³-hybridized carbons (Fsp3) is 0.650. The van der Waals surface area contributed by atoms with Crippen molar-refractivity contribution in [1.29, 1.82) is 0 Å². The number of aliphatic hydroxyl groups excluding tert-OH is 1. The van der Waals surface area contributed by atoms with Crippen LogP contribution >= 0.6 is 0 Å². The van der Waals surface area contributed by atoms with Gasteiger partial charge in [-0.25, -0.2) is 0 Å². The molecular weight excluding hydrogens is 336 g/mol. The fourth-order valence-corrected chi connectivity index (χ4v) is 2.19. The summed E-state index contributed by atoms with van der Waals surface area (Å²) in [7, 11) is 1.67. The molecule has 0 heterocycles. The Balaban J connectivity index is 2.14. The fourth-order valence-electron chi connectivity index (χ4n) is 2.19. The van der Waals surface area contributed by atoms with Crippen molar-refractivity contribution in [3.63, 3.8) is 0 Å². The highest BCUT2D eigenvalue weighted by Gasteiger charge is 2.14. The number of ether oxygens (including phenoxy) is 4. The summed E-state index contributed by atoms with van der Waals surface area (Å²) in [6.45, 7) is 7.05. The first-order chi connectivity index (χ1) is 12.4. The second-order valence-electron chi connectivity index (χ2n) is 6.75. The monoisotopic (exact) mass is 368 g/mol. The summed E-state index contributed by atoms with van der Waals surface area (Å²) in [6, 6.07) is 9.94. The van der Waals surface area contributed by atoms with Crippen LogP contribution in [0.4, 0.5) is 0 Å². The van der Waals surface area contributed by atoms with Gasteiger partial charge in [0, 0.05) is 13.0 Å². The second kappa shape index (κ2) is 12.8. The molecular formula is C20H32O6. The van der Waals surface area contributed by atoms with Gasteiger partial charge in [0.25, 0.3) is 0 Å². The summed E-state index contributed by atoms with van der Waals surface area (Å²) >= 11 is 0. The number of methoxy groups -OCH3 is 1. The van der Waals surface area contributed by atoms with Crippen LogP contribution in [0.25, 0.3) is 0 Å². The van der Waals surface area contributed by atoms with Crippen molar-refractivity contribution in [3.8, 4) is 0 Å². The number of aliphatic hydroxyl groups is 1. The van der Waals surface area contributed by atoms with Gasteiger partial charge in [0.1, 0.15) is 18.8 Å². The quantitative estimate of drug-likeness (QED) is 0.540. The van der Waals surface area contributed by atoms with Crippen molar-refractivity contribution in [2.75, 3.05) is 40.1 Å². The van der Waals surface area contributed by atoms with Gasteiger partial charge in [0.05, 0.1) is 32.3 Å². The minimum absolute atomic E-state index is 0.0471. The van der Waals surface area contributed by atoms with Crippen molar-refractivity contribution in [1.82, 2.24) is 0 Å². The first-order valence-electron chi connectivity index (χ1n) is 9.02. The third kappa shape index (κ3) is 9.29. The largest absolute Gasteiger partial charge is 0.463 e. The van der Waals surface area contributed by atoms with Crippen molar-refractivity contribution < 1.29 is 28.8 Å². The number of rotatable bonds is 13. The summed E-state index contributed by atoms with van der Waals surface area (Å²) in [4.78, 5) is 11.3. The molecule has 1 aromatic rings. The number of carbonyl (C=O) groups is 1. The van der Waals surface area contributed by atoms with E-state index in [0.29, 0.717) is 19.8 Å². The molecule has 0 aliphatic carbocycles. The maximum Gasteiger partial charge on any atom is 0.308 e. The Hall–Kier alpha value is -1.47. The first kappa shape index (κ1) is 22.6. The zero-order valence-corrected chi connectivity index (χ0v) is 16.2. The van der Waals surface area contributed by atoms with E-state index in [1.165, 1.54) is 0 Å². The third-order valence-corrected chi connectivity index (χ3v) is 3.73. The molecule has 0 bridgehead atoms. The summed E-state index contributed by atoms with van der Waals surface area (Å²) in [5.74, 6) is -0.349. The van der Waals surface area contributed by atoms with E-state index in [4.69, 9.17) is 18.9 Å². The molecule has 0 aromatic heterocycles. The first-order valence-corrected chi connectivity index (χ1v) is 9.02. The van der Waals surface area contributed by atoms with Gasteiger partial charge >= 0.3 is 5.97 Å². The molecule has 148 valence electrons. The highest BCUT2D eigenvalue weighted by atomic mass is 16.6. The van der Waals surface area contributed by atoms with Gasteiger partial charge in [-0.3, -0.25) is 4.79 Å². The zero-order valence-electron chi connectivity index (χ0n) is 16.2. The Bertz CT molecular complexity index is 490. The molecule has 0 radical (unpaired) electrons. The van der Waals surface area contributed by atoms with E-state index >= 15 is 0 Å². The van der Waals surface area contributed by atoms with Gasteiger partial charge in [-0.2, -0.15) is 0 Å². The lowest BCUT2D eigenvalue weighted by Gasteiger charge is -2.19. The van der Waals surface area contributed by atoms with Gasteiger partial charge < -0.3 is 24.1 Å². The van der Waals surface area contributed by atoms with E-state index in [9.17, 15) is 9.90 Å². The Labute approximate surface area is 156 Å². The Kier molecular flexibility index (Phi) is 11.1. The molecule has 1 aromatic carbocycles. The molecule has 3 unspecified atom stereocenters. The minimum Gasteiger partial charge on any atom is -0.463 e. The second-order valence-corrected chi connectivity index (χ2v) is 6.75. The van der Waals surface area contributed by atoms with Crippen LogP contribution in [0.2, 0.25) is 0 Å². The molecule has 26 heavy (non-hydrogen) atoms. The van der Waals surface area contributed by atoms with E-state index in [-0.39, 0.29) is 37.1 Å². The predicted octanol–water partition coefficient (Wildman–Crippen LogP) is 2.60. The van der Waals surface area contributed by atoms with Crippen molar-refractivity contribution in [3.05, 3.63) is 35.9 Å². The molecule has 1 rings (SSSR count). The topological polar surface area (TPSA) is 74.2 Å².